The maximum Gasteiger partial charge on any atom is 0.306 e. The minimum absolute atomic E-state index is 0.0853. The van der Waals surface area contributed by atoms with Crippen molar-refractivity contribution in [2.24, 2.45) is 0 Å². The summed E-state index contributed by atoms with van der Waals surface area (Å²) in [5.74, 6) is -0.0853. The van der Waals surface area contributed by atoms with Gasteiger partial charge in [-0.1, -0.05) is 51.9 Å². The van der Waals surface area contributed by atoms with Gasteiger partial charge in [-0.05, 0) is 22.4 Å². The van der Waals surface area contributed by atoms with Crippen LogP contribution >= 0.6 is 15.9 Å². The minimum Gasteiger partial charge on any atom is -0.454 e. The molecular formula is C12H23BrO2. The van der Waals surface area contributed by atoms with Gasteiger partial charge in [0.1, 0.15) is 5.52 Å². The fraction of sp³-hybridized carbons (Fsp3) is 0.917. The molecule has 0 N–H and O–H groups in total. The van der Waals surface area contributed by atoms with Crippen LogP contribution in [0.25, 0.3) is 0 Å². The molecule has 0 unspecified atom stereocenters. The number of hydrogen-bond acceptors (Lipinski definition) is 2. The van der Waals surface area contributed by atoms with E-state index in [-0.39, 0.29) is 5.97 Å². The average molecular weight is 279 g/mol. The third kappa shape index (κ3) is 11.9. The molecule has 2 nitrogen and oxygen atoms in total. The summed E-state index contributed by atoms with van der Waals surface area (Å²) >= 11 is 3.06. The Labute approximate surface area is 102 Å². The Hall–Kier alpha value is -0.0500. The second-order valence-electron chi connectivity index (χ2n) is 3.85. The first kappa shape index (κ1) is 14.9. The maximum absolute atomic E-state index is 11.0. The molecule has 15 heavy (non-hydrogen) atoms. The van der Waals surface area contributed by atoms with E-state index in [9.17, 15) is 4.79 Å². The predicted octanol–water partition coefficient (Wildman–Crippen LogP) is 4.41. The molecule has 0 saturated heterocycles. The van der Waals surface area contributed by atoms with E-state index in [0.717, 1.165) is 12.8 Å². The molecule has 0 aromatic carbocycles. The highest BCUT2D eigenvalue weighted by molar-refractivity contribution is 9.09. The number of carbonyl (C=O) groups is 1. The summed E-state index contributed by atoms with van der Waals surface area (Å²) in [7, 11) is 0. The number of alkyl halides is 1. The summed E-state index contributed by atoms with van der Waals surface area (Å²) < 4.78 is 4.78. The second kappa shape index (κ2) is 12.0. The van der Waals surface area contributed by atoms with E-state index < -0.39 is 0 Å². The van der Waals surface area contributed by atoms with Gasteiger partial charge in [-0.25, -0.2) is 0 Å². The van der Waals surface area contributed by atoms with E-state index in [2.05, 4.69) is 22.9 Å². The average Bonchev–Trinajstić information content (AvgIpc) is 2.22. The molecule has 0 aliphatic heterocycles. The van der Waals surface area contributed by atoms with Crippen LogP contribution in [-0.4, -0.2) is 11.5 Å². The van der Waals surface area contributed by atoms with Gasteiger partial charge in [-0.3, -0.25) is 4.79 Å². The van der Waals surface area contributed by atoms with Crippen LogP contribution in [0.2, 0.25) is 0 Å². The van der Waals surface area contributed by atoms with E-state index >= 15 is 0 Å². The number of unbranched alkanes of at least 4 members (excludes halogenated alkanes) is 7. The van der Waals surface area contributed by atoms with Crippen molar-refractivity contribution >= 4 is 21.9 Å². The standard InChI is InChI=1S/C12H23BrO2/c1-2-3-4-5-6-7-8-9-10-12(14)15-11-13/h2-11H2,1H3. The quantitative estimate of drug-likeness (QED) is 0.336. The Bertz CT molecular complexity index is 149. The number of ether oxygens (including phenoxy) is 1. The smallest absolute Gasteiger partial charge is 0.306 e. The van der Waals surface area contributed by atoms with Crippen molar-refractivity contribution < 1.29 is 9.53 Å². The van der Waals surface area contributed by atoms with Crippen LogP contribution in [-0.2, 0) is 9.53 Å². The molecule has 0 aliphatic carbocycles. The second-order valence-corrected chi connectivity index (χ2v) is 4.31. The van der Waals surface area contributed by atoms with Gasteiger partial charge in [0.05, 0.1) is 0 Å². The molecule has 0 saturated carbocycles. The van der Waals surface area contributed by atoms with Crippen LogP contribution in [0.15, 0.2) is 0 Å². The zero-order valence-electron chi connectivity index (χ0n) is 9.77. The van der Waals surface area contributed by atoms with Crippen molar-refractivity contribution in [2.45, 2.75) is 64.7 Å². The van der Waals surface area contributed by atoms with E-state index in [4.69, 9.17) is 4.74 Å². The Balaban J connectivity index is 3.01. The van der Waals surface area contributed by atoms with E-state index in [0.29, 0.717) is 11.9 Å². The number of carbonyl (C=O) groups excluding carboxylic acids is 1. The van der Waals surface area contributed by atoms with Crippen molar-refractivity contribution in [3.05, 3.63) is 0 Å². The number of rotatable bonds is 10. The molecule has 0 radical (unpaired) electrons. The lowest BCUT2D eigenvalue weighted by Crippen LogP contribution is -2.01. The van der Waals surface area contributed by atoms with Gasteiger partial charge in [-0.15, -0.1) is 0 Å². The zero-order chi connectivity index (χ0) is 11.4. The lowest BCUT2D eigenvalue weighted by atomic mass is 10.1. The van der Waals surface area contributed by atoms with Gasteiger partial charge in [0.25, 0.3) is 0 Å². The van der Waals surface area contributed by atoms with Crippen LogP contribution in [0, 0.1) is 0 Å². The molecule has 0 rings (SSSR count). The summed E-state index contributed by atoms with van der Waals surface area (Å²) in [6, 6.07) is 0. The Morgan fingerprint density at radius 2 is 1.53 bits per heavy atom. The van der Waals surface area contributed by atoms with Crippen molar-refractivity contribution in [3.8, 4) is 0 Å². The molecule has 0 aromatic heterocycles. The first-order valence-corrected chi connectivity index (χ1v) is 7.15. The number of esters is 1. The van der Waals surface area contributed by atoms with Gasteiger partial charge in [0, 0.05) is 6.42 Å². The molecule has 0 heterocycles. The first-order chi connectivity index (χ1) is 7.31. The summed E-state index contributed by atoms with van der Waals surface area (Å²) in [6.07, 6.45) is 10.6. The van der Waals surface area contributed by atoms with E-state index in [1.807, 2.05) is 0 Å². The number of halogens is 1. The van der Waals surface area contributed by atoms with Crippen LogP contribution in [0.4, 0.5) is 0 Å². The van der Waals surface area contributed by atoms with Gasteiger partial charge < -0.3 is 4.74 Å². The molecule has 0 atom stereocenters. The molecule has 0 aromatic rings. The third-order valence-electron chi connectivity index (χ3n) is 2.45. The van der Waals surface area contributed by atoms with E-state index in [1.165, 1.54) is 38.5 Å². The van der Waals surface area contributed by atoms with Crippen LogP contribution in [0.1, 0.15) is 64.7 Å². The molecule has 0 bridgehead atoms. The molecule has 90 valence electrons. The highest BCUT2D eigenvalue weighted by Gasteiger charge is 2.00. The predicted molar refractivity (Wildman–Crippen MR) is 67.1 cm³/mol. The van der Waals surface area contributed by atoms with Gasteiger partial charge in [0.2, 0.25) is 0 Å². The van der Waals surface area contributed by atoms with E-state index in [1.54, 1.807) is 0 Å². The highest BCUT2D eigenvalue weighted by Crippen LogP contribution is 2.09. The normalized spacial score (nSPS) is 10.3. The molecule has 0 aliphatic rings. The monoisotopic (exact) mass is 278 g/mol. The Morgan fingerprint density at radius 1 is 1.00 bits per heavy atom. The van der Waals surface area contributed by atoms with Crippen molar-refractivity contribution in [1.82, 2.24) is 0 Å². The fourth-order valence-corrected chi connectivity index (χ4v) is 1.79. The Kier molecular flexibility index (Phi) is 12.0. The lowest BCUT2D eigenvalue weighted by Gasteiger charge is -2.01. The molecule has 3 heteroatoms. The highest BCUT2D eigenvalue weighted by atomic mass is 79.9. The van der Waals surface area contributed by atoms with Crippen LogP contribution in [0.5, 0.6) is 0 Å². The first-order valence-electron chi connectivity index (χ1n) is 6.02. The molecule has 0 fully saturated rings. The molecular weight excluding hydrogens is 256 g/mol. The largest absolute Gasteiger partial charge is 0.454 e. The van der Waals surface area contributed by atoms with Gasteiger partial charge in [-0.2, -0.15) is 0 Å². The minimum atomic E-state index is -0.0853. The maximum atomic E-state index is 11.0. The summed E-state index contributed by atoms with van der Waals surface area (Å²) in [5, 5.41) is 0. The molecule has 0 spiro atoms. The van der Waals surface area contributed by atoms with Crippen LogP contribution in [0.3, 0.4) is 0 Å². The summed E-state index contributed by atoms with van der Waals surface area (Å²) in [4.78, 5) is 11.0. The molecule has 0 amide bonds. The Morgan fingerprint density at radius 3 is 2.07 bits per heavy atom. The van der Waals surface area contributed by atoms with Crippen molar-refractivity contribution in [1.29, 1.82) is 0 Å². The topological polar surface area (TPSA) is 26.3 Å². The zero-order valence-corrected chi connectivity index (χ0v) is 11.4. The van der Waals surface area contributed by atoms with Gasteiger partial charge in [0.15, 0.2) is 0 Å². The lowest BCUT2D eigenvalue weighted by molar-refractivity contribution is -0.141. The number of hydrogen-bond donors (Lipinski definition) is 0. The van der Waals surface area contributed by atoms with Crippen LogP contribution < -0.4 is 0 Å². The van der Waals surface area contributed by atoms with Gasteiger partial charge >= 0.3 is 5.97 Å². The third-order valence-corrected chi connectivity index (χ3v) is 2.68. The summed E-state index contributed by atoms with van der Waals surface area (Å²) in [5.41, 5.74) is 0.322. The fourth-order valence-electron chi connectivity index (χ4n) is 1.54. The van der Waals surface area contributed by atoms with Crippen molar-refractivity contribution in [3.63, 3.8) is 0 Å². The SMILES string of the molecule is CCCCCCCCCCC(=O)OCBr. The summed E-state index contributed by atoms with van der Waals surface area (Å²) in [6.45, 7) is 2.23. The van der Waals surface area contributed by atoms with Crippen molar-refractivity contribution in [2.75, 3.05) is 5.52 Å².